The Balaban J connectivity index is 1.86. The molecule has 0 saturated heterocycles. The number of halogens is 1. The lowest BCUT2D eigenvalue weighted by Crippen LogP contribution is -2.31. The molecular weight excluding hydrogens is 394 g/mol. The molecule has 1 aliphatic carbocycles. The van der Waals surface area contributed by atoms with Crippen LogP contribution >= 0.6 is 23.4 Å². The third-order valence-electron chi connectivity index (χ3n) is 6.05. The molecule has 29 heavy (non-hydrogen) atoms. The average molecular weight is 408 g/mol. The summed E-state index contributed by atoms with van der Waals surface area (Å²) in [6.45, 7) is 0. The van der Waals surface area contributed by atoms with E-state index in [1.165, 1.54) is 32.0 Å². The van der Waals surface area contributed by atoms with Crippen LogP contribution in [-0.2, 0) is 5.41 Å². The van der Waals surface area contributed by atoms with Crippen molar-refractivity contribution in [3.05, 3.63) is 118 Å². The Kier molecular flexibility index (Phi) is 3.50. The van der Waals surface area contributed by atoms with Gasteiger partial charge < -0.3 is 0 Å². The molecule has 0 bridgehead atoms. The maximum atomic E-state index is 9.58. The van der Waals surface area contributed by atoms with E-state index in [4.69, 9.17) is 11.6 Å². The monoisotopic (exact) mass is 407 g/mol. The van der Waals surface area contributed by atoms with Crippen LogP contribution in [0.25, 0.3) is 11.1 Å². The zero-order valence-electron chi connectivity index (χ0n) is 15.3. The van der Waals surface area contributed by atoms with Crippen LogP contribution in [0.5, 0.6) is 0 Å². The van der Waals surface area contributed by atoms with Gasteiger partial charge in [-0.25, -0.2) is 0 Å². The molecule has 6 rings (SSSR count). The summed E-state index contributed by atoms with van der Waals surface area (Å²) in [6, 6.07) is 32.0. The quantitative estimate of drug-likeness (QED) is 0.269. The van der Waals surface area contributed by atoms with E-state index >= 15 is 0 Å². The van der Waals surface area contributed by atoms with Gasteiger partial charge in [0.1, 0.15) is 6.07 Å². The number of rotatable bonds is 0. The lowest BCUT2D eigenvalue weighted by Gasteiger charge is -2.39. The van der Waals surface area contributed by atoms with Crippen molar-refractivity contribution >= 4 is 23.4 Å². The van der Waals surface area contributed by atoms with Gasteiger partial charge in [-0.3, -0.25) is 0 Å². The van der Waals surface area contributed by atoms with Crippen LogP contribution in [0.1, 0.15) is 27.8 Å². The number of benzene rings is 4. The van der Waals surface area contributed by atoms with E-state index in [-0.39, 0.29) is 0 Å². The zero-order valence-corrected chi connectivity index (χ0v) is 16.9. The molecule has 0 unspecified atom stereocenters. The molecule has 1 aliphatic heterocycles. The van der Waals surface area contributed by atoms with Crippen LogP contribution in [0.2, 0.25) is 5.02 Å². The first-order chi connectivity index (χ1) is 14.2. The number of nitrogens with zero attached hydrogens (tertiary/aromatic N) is 1. The molecule has 0 saturated carbocycles. The fourth-order valence-corrected chi connectivity index (χ4v) is 6.36. The molecule has 2 aliphatic rings. The van der Waals surface area contributed by atoms with Crippen LogP contribution in [0.15, 0.2) is 94.7 Å². The fraction of sp³-hybridized carbons (Fsp3) is 0.0385. The minimum absolute atomic E-state index is 0.429. The average Bonchev–Trinajstić information content (AvgIpc) is 3.04. The molecule has 1 heterocycles. The van der Waals surface area contributed by atoms with Gasteiger partial charge in [0.2, 0.25) is 0 Å². The molecule has 0 N–H and O–H groups in total. The van der Waals surface area contributed by atoms with Gasteiger partial charge in [-0.15, -0.1) is 0 Å². The minimum atomic E-state index is -0.429. The normalized spacial score (nSPS) is 14.5. The van der Waals surface area contributed by atoms with Crippen molar-refractivity contribution in [3.8, 4) is 17.2 Å². The predicted octanol–water partition coefficient (Wildman–Crippen LogP) is 7.04. The second-order valence-electron chi connectivity index (χ2n) is 7.38. The zero-order chi connectivity index (χ0) is 19.6. The molecule has 0 amide bonds. The van der Waals surface area contributed by atoms with Gasteiger partial charge in [-0.2, -0.15) is 5.26 Å². The highest BCUT2D eigenvalue weighted by molar-refractivity contribution is 7.99. The number of fused-ring (bicyclic) bond motifs is 9. The summed E-state index contributed by atoms with van der Waals surface area (Å²) in [4.78, 5) is 2.52. The predicted molar refractivity (Wildman–Crippen MR) is 118 cm³/mol. The summed E-state index contributed by atoms with van der Waals surface area (Å²) >= 11 is 8.40. The standard InChI is InChI=1S/C26H14ClNS/c27-23-14-22-18(13-16(23)15-28)17-7-1-2-8-19(17)26(22)20-9-3-5-11-24(20)29-25-12-6-4-10-21(25)26/h1-14H. The Morgan fingerprint density at radius 3 is 1.93 bits per heavy atom. The Morgan fingerprint density at radius 1 is 0.690 bits per heavy atom. The Labute approximate surface area is 178 Å². The van der Waals surface area contributed by atoms with Crippen LogP contribution in [0.4, 0.5) is 0 Å². The first kappa shape index (κ1) is 16.9. The molecule has 1 nitrogen and oxygen atoms in total. The topological polar surface area (TPSA) is 23.8 Å². The SMILES string of the molecule is N#Cc1cc2c(cc1Cl)C1(c3ccccc3Sc3ccccc31)c1ccccc1-2. The van der Waals surface area contributed by atoms with E-state index in [9.17, 15) is 5.26 Å². The van der Waals surface area contributed by atoms with Gasteiger partial charge in [0.05, 0.1) is 16.0 Å². The largest absolute Gasteiger partial charge is 0.192 e. The third kappa shape index (κ3) is 2.07. The molecule has 0 radical (unpaired) electrons. The maximum Gasteiger partial charge on any atom is 0.101 e. The summed E-state index contributed by atoms with van der Waals surface area (Å²) in [5.41, 5.74) is 7.31. The molecule has 3 heteroatoms. The smallest absolute Gasteiger partial charge is 0.101 e. The fourth-order valence-electron chi connectivity index (χ4n) is 4.96. The molecular formula is C26H14ClNS. The Hall–Kier alpha value is -2.99. The molecule has 4 aromatic carbocycles. The highest BCUT2D eigenvalue weighted by Crippen LogP contribution is 2.62. The van der Waals surface area contributed by atoms with Crippen LogP contribution in [-0.4, -0.2) is 0 Å². The van der Waals surface area contributed by atoms with Gasteiger partial charge >= 0.3 is 0 Å². The minimum Gasteiger partial charge on any atom is -0.192 e. The molecule has 0 fully saturated rings. The third-order valence-corrected chi connectivity index (χ3v) is 7.52. The number of hydrogen-bond acceptors (Lipinski definition) is 2. The van der Waals surface area contributed by atoms with E-state index in [2.05, 4.69) is 78.9 Å². The Bertz CT molecular complexity index is 1320. The maximum absolute atomic E-state index is 9.58. The van der Waals surface area contributed by atoms with Gasteiger partial charge in [-0.1, -0.05) is 84.0 Å². The second kappa shape index (κ2) is 6.00. The van der Waals surface area contributed by atoms with Crippen molar-refractivity contribution < 1.29 is 0 Å². The molecule has 136 valence electrons. The second-order valence-corrected chi connectivity index (χ2v) is 8.87. The summed E-state index contributed by atoms with van der Waals surface area (Å²) in [5.74, 6) is 0. The molecule has 0 atom stereocenters. The van der Waals surface area contributed by atoms with Crippen molar-refractivity contribution in [2.75, 3.05) is 0 Å². The van der Waals surface area contributed by atoms with E-state index < -0.39 is 5.41 Å². The van der Waals surface area contributed by atoms with Gasteiger partial charge in [0.25, 0.3) is 0 Å². The summed E-state index contributed by atoms with van der Waals surface area (Å²) in [5, 5.41) is 10.1. The van der Waals surface area contributed by atoms with Crippen molar-refractivity contribution in [1.82, 2.24) is 0 Å². The van der Waals surface area contributed by atoms with E-state index in [0.717, 1.165) is 11.1 Å². The molecule has 1 spiro atoms. The summed E-state index contributed by atoms with van der Waals surface area (Å²) in [7, 11) is 0. The lowest BCUT2D eigenvalue weighted by molar-refractivity contribution is 0.722. The first-order valence-electron chi connectivity index (χ1n) is 9.46. The highest BCUT2D eigenvalue weighted by atomic mass is 35.5. The van der Waals surface area contributed by atoms with Crippen LogP contribution < -0.4 is 0 Å². The lowest BCUT2D eigenvalue weighted by atomic mass is 9.67. The summed E-state index contributed by atoms with van der Waals surface area (Å²) in [6.07, 6.45) is 0. The van der Waals surface area contributed by atoms with E-state index in [0.29, 0.717) is 10.6 Å². The van der Waals surface area contributed by atoms with Crippen molar-refractivity contribution in [2.45, 2.75) is 15.2 Å². The summed E-state index contributed by atoms with van der Waals surface area (Å²) < 4.78 is 0. The molecule has 0 aromatic heterocycles. The van der Waals surface area contributed by atoms with Gasteiger partial charge in [0, 0.05) is 9.79 Å². The van der Waals surface area contributed by atoms with Gasteiger partial charge in [0.15, 0.2) is 0 Å². The number of nitriles is 1. The van der Waals surface area contributed by atoms with Gasteiger partial charge in [-0.05, 0) is 57.6 Å². The number of hydrogen-bond donors (Lipinski definition) is 0. The van der Waals surface area contributed by atoms with Crippen molar-refractivity contribution in [1.29, 1.82) is 5.26 Å². The van der Waals surface area contributed by atoms with Crippen molar-refractivity contribution in [3.63, 3.8) is 0 Å². The molecule has 4 aromatic rings. The van der Waals surface area contributed by atoms with Crippen LogP contribution in [0, 0.1) is 11.3 Å². The van der Waals surface area contributed by atoms with Crippen molar-refractivity contribution in [2.24, 2.45) is 0 Å². The highest BCUT2D eigenvalue weighted by Gasteiger charge is 2.50. The van der Waals surface area contributed by atoms with E-state index in [1.54, 1.807) is 0 Å². The Morgan fingerprint density at radius 2 is 1.28 bits per heavy atom. The van der Waals surface area contributed by atoms with Crippen LogP contribution in [0.3, 0.4) is 0 Å². The van der Waals surface area contributed by atoms with E-state index in [1.807, 2.05) is 23.9 Å². The first-order valence-corrected chi connectivity index (χ1v) is 10.7.